The van der Waals surface area contributed by atoms with Crippen molar-refractivity contribution in [3.63, 3.8) is 0 Å². The van der Waals surface area contributed by atoms with Gasteiger partial charge in [0, 0.05) is 43.6 Å². The number of halogens is 4. The van der Waals surface area contributed by atoms with E-state index in [1.165, 1.54) is 12.1 Å². The van der Waals surface area contributed by atoms with Crippen LogP contribution < -0.4 is 5.32 Å². The molecule has 2 aromatic rings. The van der Waals surface area contributed by atoms with E-state index in [-0.39, 0.29) is 25.0 Å². The number of alkyl halides is 3. The van der Waals surface area contributed by atoms with Crippen LogP contribution in [0.4, 0.5) is 17.6 Å². The number of aromatic amines is 1. The molecule has 6 nitrogen and oxygen atoms in total. The first-order valence-corrected chi connectivity index (χ1v) is 11.2. The number of rotatable bonds is 3. The number of carbonyl (C=O) groups excluding carboxylic acids is 1. The van der Waals surface area contributed by atoms with Gasteiger partial charge >= 0.3 is 6.18 Å². The fourth-order valence-corrected chi connectivity index (χ4v) is 5.16. The Bertz CT molecular complexity index is 1000. The van der Waals surface area contributed by atoms with Crippen LogP contribution in [0.3, 0.4) is 0 Å². The number of fused-ring (bicyclic) bond motifs is 1. The molecule has 2 fully saturated rings. The predicted octanol–water partition coefficient (Wildman–Crippen LogP) is 4.06. The number of hydrogen-bond donors (Lipinski definition) is 3. The molecular formula is C23H29F4N5O. The zero-order chi connectivity index (χ0) is 23.9. The highest BCUT2D eigenvalue weighted by atomic mass is 19.4. The highest BCUT2D eigenvalue weighted by molar-refractivity contribution is 5.99. The number of aromatic nitrogens is 1. The van der Waals surface area contributed by atoms with Crippen LogP contribution in [-0.4, -0.2) is 71.0 Å². The van der Waals surface area contributed by atoms with Crippen molar-refractivity contribution in [1.82, 2.24) is 20.1 Å². The number of nitrogens with zero attached hydrogens (tertiary/aromatic N) is 2. The third-order valence-corrected chi connectivity index (χ3v) is 7.02. The standard InChI is InChI=1S/C23H29F4N5O/c1-13-3-6-18(24)16-12-19(30-21(13)16)22(33)29-15-4-5-17(23(25,26)27)20(11-15)32-9-7-31(8-10-32)14(2)28/h3,6,12,15,17,20,28,30H,4-5,7-11H2,1-2H3,(H,29,33)/t15-,17?,20-/m1/s1. The van der Waals surface area contributed by atoms with Gasteiger partial charge in [-0.3, -0.25) is 15.1 Å². The molecule has 2 aliphatic rings. The van der Waals surface area contributed by atoms with Gasteiger partial charge in [-0.15, -0.1) is 0 Å². The molecule has 1 unspecified atom stereocenters. The van der Waals surface area contributed by atoms with E-state index in [0.29, 0.717) is 42.9 Å². The number of hydrogen-bond acceptors (Lipinski definition) is 3. The summed E-state index contributed by atoms with van der Waals surface area (Å²) in [5.74, 6) is -1.90. The lowest BCUT2D eigenvalue weighted by Gasteiger charge is -2.46. The topological polar surface area (TPSA) is 75.2 Å². The molecule has 2 heterocycles. The normalized spacial score (nSPS) is 24.8. The van der Waals surface area contributed by atoms with Gasteiger partial charge in [0.25, 0.3) is 5.91 Å². The summed E-state index contributed by atoms with van der Waals surface area (Å²) < 4.78 is 55.5. The summed E-state index contributed by atoms with van der Waals surface area (Å²) in [4.78, 5) is 19.5. The Morgan fingerprint density at radius 2 is 1.88 bits per heavy atom. The molecule has 1 saturated heterocycles. The minimum Gasteiger partial charge on any atom is -0.358 e. The van der Waals surface area contributed by atoms with Gasteiger partial charge in [-0.2, -0.15) is 13.2 Å². The van der Waals surface area contributed by atoms with Gasteiger partial charge in [0.05, 0.1) is 17.3 Å². The average molecular weight is 468 g/mol. The molecule has 180 valence electrons. The maximum absolute atomic E-state index is 14.1. The van der Waals surface area contributed by atoms with E-state index in [2.05, 4.69) is 10.3 Å². The van der Waals surface area contributed by atoms with E-state index in [0.717, 1.165) is 5.56 Å². The maximum Gasteiger partial charge on any atom is 0.393 e. The lowest BCUT2D eigenvalue weighted by molar-refractivity contribution is -0.201. The number of nitrogens with one attached hydrogen (secondary N) is 3. The average Bonchev–Trinajstić information content (AvgIpc) is 3.23. The molecule has 0 bridgehead atoms. The zero-order valence-corrected chi connectivity index (χ0v) is 18.7. The second-order valence-electron chi connectivity index (χ2n) is 9.14. The Morgan fingerprint density at radius 3 is 2.48 bits per heavy atom. The Hall–Kier alpha value is -2.62. The van der Waals surface area contributed by atoms with Crippen molar-refractivity contribution in [2.45, 2.75) is 51.4 Å². The summed E-state index contributed by atoms with van der Waals surface area (Å²) in [6.45, 7) is 5.44. The summed E-state index contributed by atoms with van der Waals surface area (Å²) in [5, 5.41) is 10.9. The third-order valence-electron chi connectivity index (χ3n) is 7.02. The number of aryl methyl sites for hydroxylation is 1. The van der Waals surface area contributed by atoms with E-state index in [1.807, 2.05) is 16.7 Å². The molecule has 3 N–H and O–H groups in total. The smallest absolute Gasteiger partial charge is 0.358 e. The Morgan fingerprint density at radius 1 is 1.18 bits per heavy atom. The summed E-state index contributed by atoms with van der Waals surface area (Å²) in [7, 11) is 0. The van der Waals surface area contributed by atoms with Crippen LogP contribution >= 0.6 is 0 Å². The largest absolute Gasteiger partial charge is 0.393 e. The number of piperazine rings is 1. The monoisotopic (exact) mass is 467 g/mol. The van der Waals surface area contributed by atoms with E-state index in [4.69, 9.17) is 5.41 Å². The van der Waals surface area contributed by atoms with Gasteiger partial charge < -0.3 is 15.2 Å². The van der Waals surface area contributed by atoms with Crippen LogP contribution in [0.15, 0.2) is 18.2 Å². The quantitative estimate of drug-likeness (QED) is 0.362. The fourth-order valence-electron chi connectivity index (χ4n) is 5.16. The van der Waals surface area contributed by atoms with Gasteiger partial charge in [-0.05, 0) is 50.8 Å². The second kappa shape index (κ2) is 8.96. The fraction of sp³-hybridized carbons (Fsp3) is 0.565. The van der Waals surface area contributed by atoms with Crippen molar-refractivity contribution in [3.05, 3.63) is 35.3 Å². The number of benzene rings is 1. The summed E-state index contributed by atoms with van der Waals surface area (Å²) in [5.41, 5.74) is 1.54. The Labute approximate surface area is 189 Å². The first kappa shape index (κ1) is 23.5. The minimum atomic E-state index is -4.31. The first-order valence-electron chi connectivity index (χ1n) is 11.2. The Kier molecular flexibility index (Phi) is 6.39. The highest BCUT2D eigenvalue weighted by Crippen LogP contribution is 2.40. The molecule has 0 spiro atoms. The molecule has 1 amide bonds. The lowest BCUT2D eigenvalue weighted by Crippen LogP contribution is -2.58. The van der Waals surface area contributed by atoms with Crippen LogP contribution in [-0.2, 0) is 0 Å². The van der Waals surface area contributed by atoms with Crippen molar-refractivity contribution in [2.24, 2.45) is 5.92 Å². The van der Waals surface area contributed by atoms with Crippen molar-refractivity contribution in [2.75, 3.05) is 26.2 Å². The summed E-state index contributed by atoms with van der Waals surface area (Å²) in [6.07, 6.45) is -3.92. The van der Waals surface area contributed by atoms with Crippen molar-refractivity contribution >= 4 is 22.6 Å². The molecule has 33 heavy (non-hydrogen) atoms. The van der Waals surface area contributed by atoms with Crippen molar-refractivity contribution in [3.8, 4) is 0 Å². The summed E-state index contributed by atoms with van der Waals surface area (Å²) in [6, 6.07) is 3.29. The molecule has 4 rings (SSSR count). The van der Waals surface area contributed by atoms with Crippen LogP contribution in [0.2, 0.25) is 0 Å². The van der Waals surface area contributed by atoms with Crippen molar-refractivity contribution < 1.29 is 22.4 Å². The van der Waals surface area contributed by atoms with Crippen molar-refractivity contribution in [1.29, 1.82) is 5.41 Å². The van der Waals surface area contributed by atoms with Gasteiger partial charge in [0.1, 0.15) is 11.5 Å². The number of amides is 1. The zero-order valence-electron chi connectivity index (χ0n) is 18.7. The second-order valence-corrected chi connectivity index (χ2v) is 9.14. The van der Waals surface area contributed by atoms with Gasteiger partial charge in [0.15, 0.2) is 0 Å². The third kappa shape index (κ3) is 4.85. The SMILES string of the molecule is CC(=N)N1CCN([C@@H]2C[C@H](NC(=O)c3cc4c(F)ccc(C)c4[nH]3)CCC2C(F)(F)F)CC1. The number of carbonyl (C=O) groups is 1. The minimum absolute atomic E-state index is 0.0522. The van der Waals surface area contributed by atoms with E-state index >= 15 is 0 Å². The van der Waals surface area contributed by atoms with Crippen LogP contribution in [0, 0.1) is 24.1 Å². The molecular weight excluding hydrogens is 438 g/mol. The summed E-state index contributed by atoms with van der Waals surface area (Å²) >= 11 is 0. The molecule has 1 aromatic carbocycles. The highest BCUT2D eigenvalue weighted by Gasteiger charge is 2.49. The van der Waals surface area contributed by atoms with E-state index in [1.54, 1.807) is 13.0 Å². The predicted molar refractivity (Wildman–Crippen MR) is 118 cm³/mol. The maximum atomic E-state index is 14.1. The van der Waals surface area contributed by atoms with Gasteiger partial charge in [-0.1, -0.05) is 6.07 Å². The van der Waals surface area contributed by atoms with Crippen LogP contribution in [0.25, 0.3) is 10.9 Å². The molecule has 3 atom stereocenters. The van der Waals surface area contributed by atoms with E-state index in [9.17, 15) is 22.4 Å². The van der Waals surface area contributed by atoms with Crippen LogP contribution in [0.1, 0.15) is 42.2 Å². The number of H-pyrrole nitrogens is 1. The molecule has 10 heteroatoms. The molecule has 1 saturated carbocycles. The molecule has 1 aliphatic carbocycles. The number of amidine groups is 1. The first-order chi connectivity index (χ1) is 15.5. The molecule has 1 aromatic heterocycles. The Balaban J connectivity index is 1.48. The lowest BCUT2D eigenvalue weighted by atomic mass is 9.80. The van der Waals surface area contributed by atoms with E-state index < -0.39 is 35.9 Å². The molecule has 1 aliphatic heterocycles. The van der Waals surface area contributed by atoms with Gasteiger partial charge in [-0.25, -0.2) is 4.39 Å². The van der Waals surface area contributed by atoms with Crippen LogP contribution in [0.5, 0.6) is 0 Å². The molecule has 0 radical (unpaired) electrons. The van der Waals surface area contributed by atoms with Gasteiger partial charge in [0.2, 0.25) is 0 Å².